The van der Waals surface area contributed by atoms with E-state index >= 15 is 0 Å². The maximum absolute atomic E-state index is 11.4. The summed E-state index contributed by atoms with van der Waals surface area (Å²) in [5.74, 6) is -0.275. The van der Waals surface area contributed by atoms with Crippen molar-refractivity contribution in [1.29, 1.82) is 0 Å². The maximum Gasteiger partial charge on any atom is 0.267 e. The van der Waals surface area contributed by atoms with E-state index in [1.807, 2.05) is 30.3 Å². The number of hydrogen-bond donors (Lipinski definition) is 0. The third kappa shape index (κ3) is 4.76. The molecule has 0 bridgehead atoms. The van der Waals surface area contributed by atoms with Crippen LogP contribution < -0.4 is 0 Å². The van der Waals surface area contributed by atoms with Crippen LogP contribution in [0.4, 0.5) is 0 Å². The van der Waals surface area contributed by atoms with Gasteiger partial charge in [0.25, 0.3) is 6.04 Å². The minimum atomic E-state index is -1.06. The van der Waals surface area contributed by atoms with Gasteiger partial charge in [0.05, 0.1) is 0 Å². The van der Waals surface area contributed by atoms with Crippen LogP contribution in [-0.2, 0) is 11.2 Å². The first kappa shape index (κ1) is 13.4. The molecule has 0 amide bonds. The van der Waals surface area contributed by atoms with E-state index < -0.39 is 11.0 Å². The van der Waals surface area contributed by atoms with Crippen LogP contribution >= 0.6 is 0 Å². The van der Waals surface area contributed by atoms with Crippen molar-refractivity contribution < 1.29 is 9.72 Å². The van der Waals surface area contributed by atoms with Crippen molar-refractivity contribution in [2.24, 2.45) is 0 Å². The van der Waals surface area contributed by atoms with Gasteiger partial charge in [-0.05, 0) is 24.8 Å². The highest BCUT2D eigenvalue weighted by atomic mass is 16.6. The number of carbonyl (C=O) groups excluding carboxylic acids is 1. The van der Waals surface area contributed by atoms with Crippen LogP contribution in [0.2, 0.25) is 0 Å². The summed E-state index contributed by atoms with van der Waals surface area (Å²) in [5, 5.41) is 10.4. The van der Waals surface area contributed by atoms with Gasteiger partial charge in [-0.1, -0.05) is 30.3 Å². The Balaban J connectivity index is 2.21. The smallest absolute Gasteiger partial charge is 0.267 e. The van der Waals surface area contributed by atoms with Crippen LogP contribution in [0.3, 0.4) is 0 Å². The molecule has 0 saturated heterocycles. The number of benzene rings is 1. The lowest BCUT2D eigenvalue weighted by atomic mass is 10.0. The molecular formula is C13H17NO3. The van der Waals surface area contributed by atoms with Gasteiger partial charge in [-0.25, -0.2) is 0 Å². The Morgan fingerprint density at radius 2 is 1.94 bits per heavy atom. The van der Waals surface area contributed by atoms with Gasteiger partial charge in [0.2, 0.25) is 5.78 Å². The predicted octanol–water partition coefficient (Wildman–Crippen LogP) is 2.63. The minimum absolute atomic E-state index is 0.275. The molecule has 4 nitrogen and oxygen atoms in total. The van der Waals surface area contributed by atoms with E-state index in [1.54, 1.807) is 0 Å². The highest BCUT2D eigenvalue weighted by Gasteiger charge is 2.21. The van der Waals surface area contributed by atoms with Crippen LogP contribution in [0.1, 0.15) is 31.7 Å². The average molecular weight is 235 g/mol. The molecule has 0 aliphatic rings. The number of nitro groups is 1. The molecule has 0 saturated carbocycles. The van der Waals surface area contributed by atoms with Crippen molar-refractivity contribution in [2.75, 3.05) is 0 Å². The summed E-state index contributed by atoms with van der Waals surface area (Å²) in [6.07, 6.45) is 2.82. The number of ketones is 1. The van der Waals surface area contributed by atoms with E-state index in [2.05, 4.69) is 0 Å². The van der Waals surface area contributed by atoms with Crippen molar-refractivity contribution in [3.8, 4) is 0 Å². The SMILES string of the molecule is CC(C(=O)CCCCc1ccccc1)[N+](=O)[O-]. The van der Waals surface area contributed by atoms with E-state index in [9.17, 15) is 14.9 Å². The lowest BCUT2D eigenvalue weighted by Gasteiger charge is -2.03. The van der Waals surface area contributed by atoms with Crippen LogP contribution in [-0.4, -0.2) is 16.7 Å². The summed E-state index contributed by atoms with van der Waals surface area (Å²) in [6, 6.07) is 8.95. The van der Waals surface area contributed by atoms with E-state index in [0.29, 0.717) is 12.8 Å². The van der Waals surface area contributed by atoms with Crippen molar-refractivity contribution in [3.63, 3.8) is 0 Å². The predicted molar refractivity (Wildman–Crippen MR) is 65.5 cm³/mol. The number of hydrogen-bond acceptors (Lipinski definition) is 3. The van der Waals surface area contributed by atoms with Crippen LogP contribution in [0.25, 0.3) is 0 Å². The summed E-state index contributed by atoms with van der Waals surface area (Å²) in [4.78, 5) is 21.2. The molecular weight excluding hydrogens is 218 g/mol. The summed E-state index contributed by atoms with van der Waals surface area (Å²) < 4.78 is 0. The lowest BCUT2D eigenvalue weighted by molar-refractivity contribution is -0.503. The van der Waals surface area contributed by atoms with Gasteiger partial charge in [-0.3, -0.25) is 14.9 Å². The Hall–Kier alpha value is -1.71. The molecule has 1 unspecified atom stereocenters. The van der Waals surface area contributed by atoms with Gasteiger partial charge < -0.3 is 0 Å². The van der Waals surface area contributed by atoms with Crippen molar-refractivity contribution in [2.45, 2.75) is 38.6 Å². The molecule has 0 spiro atoms. The molecule has 17 heavy (non-hydrogen) atoms. The highest BCUT2D eigenvalue weighted by Crippen LogP contribution is 2.07. The third-order valence-corrected chi connectivity index (χ3v) is 2.76. The van der Waals surface area contributed by atoms with Crippen LogP contribution in [0.15, 0.2) is 30.3 Å². The molecule has 1 atom stereocenters. The molecule has 0 aliphatic heterocycles. The summed E-state index contributed by atoms with van der Waals surface area (Å²) in [7, 11) is 0. The fraction of sp³-hybridized carbons (Fsp3) is 0.462. The fourth-order valence-electron chi connectivity index (χ4n) is 1.60. The van der Waals surface area contributed by atoms with Gasteiger partial charge >= 0.3 is 0 Å². The van der Waals surface area contributed by atoms with Gasteiger partial charge in [0.1, 0.15) is 0 Å². The molecule has 4 heteroatoms. The van der Waals surface area contributed by atoms with E-state index in [-0.39, 0.29) is 5.78 Å². The first-order chi connectivity index (χ1) is 8.11. The average Bonchev–Trinajstić information content (AvgIpc) is 2.34. The summed E-state index contributed by atoms with van der Waals surface area (Å²) in [6.45, 7) is 1.35. The molecule has 1 rings (SSSR count). The van der Waals surface area contributed by atoms with E-state index in [4.69, 9.17) is 0 Å². The number of Topliss-reactive ketones (excluding diaryl/α,β-unsaturated/α-hetero) is 1. The zero-order valence-corrected chi connectivity index (χ0v) is 9.96. The standard InChI is InChI=1S/C13H17NO3/c1-11(14(16)17)13(15)10-6-5-9-12-7-3-2-4-8-12/h2-4,7-8,11H,5-6,9-10H2,1H3. The van der Waals surface area contributed by atoms with Crippen molar-refractivity contribution >= 4 is 5.78 Å². The quantitative estimate of drug-likeness (QED) is 0.414. The number of aryl methyl sites for hydroxylation is 1. The Labute approximate surface area is 101 Å². The fourth-order valence-corrected chi connectivity index (χ4v) is 1.60. The van der Waals surface area contributed by atoms with E-state index in [0.717, 1.165) is 12.8 Å². The number of carbonyl (C=O) groups is 1. The van der Waals surface area contributed by atoms with Gasteiger partial charge in [-0.15, -0.1) is 0 Å². The molecule has 1 aromatic carbocycles. The molecule has 92 valence electrons. The van der Waals surface area contributed by atoms with E-state index in [1.165, 1.54) is 12.5 Å². The molecule has 0 N–H and O–H groups in total. The second-order valence-corrected chi connectivity index (χ2v) is 4.12. The number of rotatable bonds is 7. The van der Waals surface area contributed by atoms with Crippen molar-refractivity contribution in [1.82, 2.24) is 0 Å². The molecule has 1 aromatic rings. The van der Waals surface area contributed by atoms with Gasteiger partial charge in [-0.2, -0.15) is 0 Å². The Kier molecular flexibility index (Phi) is 5.33. The first-order valence-corrected chi connectivity index (χ1v) is 5.81. The largest absolute Gasteiger partial charge is 0.292 e. The highest BCUT2D eigenvalue weighted by molar-refractivity contribution is 5.82. The molecule has 0 aliphatic carbocycles. The van der Waals surface area contributed by atoms with Crippen molar-refractivity contribution in [3.05, 3.63) is 46.0 Å². The molecule has 0 radical (unpaired) electrons. The topological polar surface area (TPSA) is 60.2 Å². The van der Waals surface area contributed by atoms with Crippen LogP contribution in [0, 0.1) is 10.1 Å². The molecule has 0 fully saturated rings. The Morgan fingerprint density at radius 3 is 2.53 bits per heavy atom. The number of unbranched alkanes of at least 4 members (excludes halogenated alkanes) is 1. The number of nitrogens with zero attached hydrogens (tertiary/aromatic N) is 1. The van der Waals surface area contributed by atoms with Gasteiger partial charge in [0, 0.05) is 18.3 Å². The second kappa shape index (κ2) is 6.78. The zero-order valence-electron chi connectivity index (χ0n) is 9.96. The normalized spacial score (nSPS) is 12.1. The summed E-state index contributed by atoms with van der Waals surface area (Å²) >= 11 is 0. The third-order valence-electron chi connectivity index (χ3n) is 2.76. The summed E-state index contributed by atoms with van der Waals surface area (Å²) in [5.41, 5.74) is 1.24. The lowest BCUT2D eigenvalue weighted by Crippen LogP contribution is -2.25. The second-order valence-electron chi connectivity index (χ2n) is 4.12. The van der Waals surface area contributed by atoms with Gasteiger partial charge in [0.15, 0.2) is 0 Å². The van der Waals surface area contributed by atoms with Crippen LogP contribution in [0.5, 0.6) is 0 Å². The molecule has 0 aromatic heterocycles. The Morgan fingerprint density at radius 1 is 1.29 bits per heavy atom. The first-order valence-electron chi connectivity index (χ1n) is 5.81. The minimum Gasteiger partial charge on any atom is -0.292 e. The maximum atomic E-state index is 11.4. The monoisotopic (exact) mass is 235 g/mol. The Bertz CT molecular complexity index is 376. The zero-order chi connectivity index (χ0) is 12.7. The molecule has 0 heterocycles.